The molecule has 0 bridgehead atoms. The van der Waals surface area contributed by atoms with E-state index < -0.39 is 0 Å². The average Bonchev–Trinajstić information content (AvgIpc) is 2.27. The minimum atomic E-state index is -0.250. The molecule has 1 amide bonds. The highest BCUT2D eigenvalue weighted by molar-refractivity contribution is 5.86. The van der Waals surface area contributed by atoms with Crippen LogP contribution in [0.3, 0.4) is 0 Å². The van der Waals surface area contributed by atoms with Crippen molar-refractivity contribution >= 4 is 16.7 Å². The molecule has 2 nitrogen and oxygen atoms in total. The van der Waals surface area contributed by atoms with Crippen molar-refractivity contribution in [2.45, 2.75) is 19.3 Å². The normalized spacial score (nSPS) is 12.6. The van der Waals surface area contributed by atoms with Crippen LogP contribution in [0.15, 0.2) is 42.5 Å². The summed E-state index contributed by atoms with van der Waals surface area (Å²) < 4.78 is 0. The molecule has 82 valence electrons. The van der Waals surface area contributed by atoms with Crippen LogP contribution in [-0.4, -0.2) is 5.91 Å². The topological polar surface area (TPSA) is 43.1 Å². The molecule has 0 spiro atoms. The average molecular weight is 213 g/mol. The molecule has 16 heavy (non-hydrogen) atoms. The van der Waals surface area contributed by atoms with Crippen LogP contribution < -0.4 is 5.73 Å². The largest absolute Gasteiger partial charge is 0.370 e. The molecule has 0 radical (unpaired) electrons. The van der Waals surface area contributed by atoms with Crippen molar-refractivity contribution in [2.24, 2.45) is 5.73 Å². The van der Waals surface area contributed by atoms with Gasteiger partial charge in [0.05, 0.1) is 0 Å². The van der Waals surface area contributed by atoms with Crippen LogP contribution in [0.2, 0.25) is 0 Å². The van der Waals surface area contributed by atoms with Crippen LogP contribution in [-0.2, 0) is 4.79 Å². The predicted octanol–water partition coefficient (Wildman–Crippen LogP) is 2.82. The van der Waals surface area contributed by atoms with E-state index in [0.717, 1.165) is 0 Å². The van der Waals surface area contributed by atoms with Gasteiger partial charge in [-0.3, -0.25) is 4.79 Å². The molecule has 0 heterocycles. The summed E-state index contributed by atoms with van der Waals surface area (Å²) in [5.74, 6) is -0.0796. The fraction of sp³-hybridized carbons (Fsp3) is 0.214. The van der Waals surface area contributed by atoms with Gasteiger partial charge in [0.15, 0.2) is 0 Å². The molecule has 0 saturated carbocycles. The first kappa shape index (κ1) is 10.7. The Morgan fingerprint density at radius 3 is 2.62 bits per heavy atom. The Hall–Kier alpha value is -1.83. The summed E-state index contributed by atoms with van der Waals surface area (Å²) >= 11 is 0. The summed E-state index contributed by atoms with van der Waals surface area (Å²) in [7, 11) is 0. The maximum absolute atomic E-state index is 10.9. The van der Waals surface area contributed by atoms with Gasteiger partial charge in [0.25, 0.3) is 0 Å². The molecule has 0 unspecified atom stereocenters. The second kappa shape index (κ2) is 4.35. The van der Waals surface area contributed by atoms with Gasteiger partial charge in [-0.25, -0.2) is 0 Å². The van der Waals surface area contributed by atoms with Gasteiger partial charge in [-0.15, -0.1) is 0 Å². The standard InChI is InChI=1S/C14H15NO/c1-10(9-14(15)16)12-8-4-6-11-5-2-3-7-13(11)12/h2-8,10H,9H2,1H3,(H2,15,16)/t10-/m0/s1. The Bertz CT molecular complexity index is 514. The highest BCUT2D eigenvalue weighted by atomic mass is 16.1. The Morgan fingerprint density at radius 1 is 1.19 bits per heavy atom. The van der Waals surface area contributed by atoms with Crippen molar-refractivity contribution < 1.29 is 4.79 Å². The summed E-state index contributed by atoms with van der Waals surface area (Å²) in [6.45, 7) is 2.03. The lowest BCUT2D eigenvalue weighted by Crippen LogP contribution is -2.13. The number of primary amides is 1. The van der Waals surface area contributed by atoms with Crippen LogP contribution in [0.1, 0.15) is 24.8 Å². The van der Waals surface area contributed by atoms with Gasteiger partial charge in [-0.05, 0) is 22.3 Å². The molecule has 2 aromatic rings. The SMILES string of the molecule is C[C@@H](CC(N)=O)c1cccc2ccccc12. The summed E-state index contributed by atoms with van der Waals surface area (Å²) in [5.41, 5.74) is 6.43. The van der Waals surface area contributed by atoms with Crippen molar-refractivity contribution in [2.75, 3.05) is 0 Å². The maximum atomic E-state index is 10.9. The lowest BCUT2D eigenvalue weighted by molar-refractivity contribution is -0.118. The van der Waals surface area contributed by atoms with Crippen LogP contribution in [0.5, 0.6) is 0 Å². The first-order valence-corrected chi connectivity index (χ1v) is 5.44. The number of fused-ring (bicyclic) bond motifs is 1. The van der Waals surface area contributed by atoms with Gasteiger partial charge in [0, 0.05) is 6.42 Å². The zero-order valence-electron chi connectivity index (χ0n) is 9.31. The summed E-state index contributed by atoms with van der Waals surface area (Å²) in [4.78, 5) is 10.9. The molecule has 0 aliphatic rings. The first-order chi connectivity index (χ1) is 7.68. The third-order valence-corrected chi connectivity index (χ3v) is 2.86. The molecular weight excluding hydrogens is 198 g/mol. The van der Waals surface area contributed by atoms with Gasteiger partial charge >= 0.3 is 0 Å². The van der Waals surface area contributed by atoms with E-state index in [1.54, 1.807) is 0 Å². The van der Waals surface area contributed by atoms with Gasteiger partial charge in [0.2, 0.25) is 5.91 Å². The lowest BCUT2D eigenvalue weighted by Gasteiger charge is -2.12. The third-order valence-electron chi connectivity index (χ3n) is 2.86. The first-order valence-electron chi connectivity index (χ1n) is 5.44. The third kappa shape index (κ3) is 2.06. The van der Waals surface area contributed by atoms with E-state index in [-0.39, 0.29) is 11.8 Å². The van der Waals surface area contributed by atoms with Crippen molar-refractivity contribution in [1.29, 1.82) is 0 Å². The molecule has 0 fully saturated rings. The maximum Gasteiger partial charge on any atom is 0.218 e. The molecule has 2 aromatic carbocycles. The Labute approximate surface area is 95.1 Å². The summed E-state index contributed by atoms with van der Waals surface area (Å²) in [5, 5.41) is 2.41. The molecule has 0 aliphatic heterocycles. The van der Waals surface area contributed by atoms with Crippen LogP contribution >= 0.6 is 0 Å². The number of rotatable bonds is 3. The number of carbonyl (C=O) groups is 1. The Balaban J connectivity index is 2.47. The van der Waals surface area contributed by atoms with E-state index in [1.807, 2.05) is 25.1 Å². The number of carbonyl (C=O) groups excluding carboxylic acids is 1. The van der Waals surface area contributed by atoms with Crippen molar-refractivity contribution in [3.63, 3.8) is 0 Å². The minimum Gasteiger partial charge on any atom is -0.370 e. The molecule has 2 rings (SSSR count). The monoisotopic (exact) mass is 213 g/mol. The molecule has 0 aliphatic carbocycles. The molecule has 2 heteroatoms. The molecule has 2 N–H and O–H groups in total. The number of nitrogens with two attached hydrogens (primary N) is 1. The highest BCUT2D eigenvalue weighted by Gasteiger charge is 2.11. The molecular formula is C14H15NO. The van der Waals surface area contributed by atoms with Crippen LogP contribution in [0.25, 0.3) is 10.8 Å². The highest BCUT2D eigenvalue weighted by Crippen LogP contribution is 2.27. The van der Waals surface area contributed by atoms with Gasteiger partial charge < -0.3 is 5.73 Å². The fourth-order valence-corrected chi connectivity index (χ4v) is 2.09. The van der Waals surface area contributed by atoms with Crippen molar-refractivity contribution in [3.8, 4) is 0 Å². The van der Waals surface area contributed by atoms with E-state index in [0.29, 0.717) is 6.42 Å². The van der Waals surface area contributed by atoms with Crippen molar-refractivity contribution in [3.05, 3.63) is 48.0 Å². The van der Waals surface area contributed by atoms with Gasteiger partial charge in [-0.1, -0.05) is 49.4 Å². The number of hydrogen-bond donors (Lipinski definition) is 1. The zero-order valence-corrected chi connectivity index (χ0v) is 9.31. The number of benzene rings is 2. The Morgan fingerprint density at radius 2 is 1.88 bits per heavy atom. The summed E-state index contributed by atoms with van der Waals surface area (Å²) in [6, 6.07) is 14.4. The predicted molar refractivity (Wildman–Crippen MR) is 66.2 cm³/mol. The van der Waals surface area contributed by atoms with Gasteiger partial charge in [-0.2, -0.15) is 0 Å². The second-order valence-corrected chi connectivity index (χ2v) is 4.14. The van der Waals surface area contributed by atoms with E-state index in [2.05, 4.69) is 24.3 Å². The number of amides is 1. The quantitative estimate of drug-likeness (QED) is 0.837. The lowest BCUT2D eigenvalue weighted by atomic mass is 9.92. The van der Waals surface area contributed by atoms with E-state index in [4.69, 9.17) is 5.73 Å². The molecule has 0 saturated heterocycles. The van der Waals surface area contributed by atoms with Crippen LogP contribution in [0.4, 0.5) is 0 Å². The summed E-state index contributed by atoms with van der Waals surface area (Å²) in [6.07, 6.45) is 0.397. The zero-order chi connectivity index (χ0) is 11.5. The van der Waals surface area contributed by atoms with Crippen LogP contribution in [0, 0.1) is 0 Å². The molecule has 1 atom stereocenters. The second-order valence-electron chi connectivity index (χ2n) is 4.14. The minimum absolute atomic E-state index is 0.170. The molecule has 0 aromatic heterocycles. The van der Waals surface area contributed by atoms with E-state index >= 15 is 0 Å². The smallest absolute Gasteiger partial charge is 0.218 e. The van der Waals surface area contributed by atoms with Gasteiger partial charge in [0.1, 0.15) is 0 Å². The number of hydrogen-bond acceptors (Lipinski definition) is 1. The van der Waals surface area contributed by atoms with E-state index in [1.165, 1.54) is 16.3 Å². The Kier molecular flexibility index (Phi) is 2.91. The fourth-order valence-electron chi connectivity index (χ4n) is 2.09. The van der Waals surface area contributed by atoms with Crippen molar-refractivity contribution in [1.82, 2.24) is 0 Å². The van der Waals surface area contributed by atoms with E-state index in [9.17, 15) is 4.79 Å².